The second-order valence-corrected chi connectivity index (χ2v) is 7.09. The maximum atomic E-state index is 12.6. The molecule has 0 aliphatic heterocycles. The number of benzene rings is 1. The summed E-state index contributed by atoms with van der Waals surface area (Å²) in [7, 11) is 1.17. The summed E-state index contributed by atoms with van der Waals surface area (Å²) in [5.74, 6) is -2.38. The summed E-state index contributed by atoms with van der Waals surface area (Å²) in [4.78, 5) is 59.0. The van der Waals surface area contributed by atoms with Crippen LogP contribution in [0.4, 0.5) is 0 Å². The lowest BCUT2D eigenvalue weighted by Crippen LogP contribution is -2.43. The fourth-order valence-electron chi connectivity index (χ4n) is 2.12. The van der Waals surface area contributed by atoms with E-state index in [9.17, 15) is 24.0 Å². The van der Waals surface area contributed by atoms with Gasteiger partial charge in [-0.1, -0.05) is 23.9 Å². The van der Waals surface area contributed by atoms with E-state index in [4.69, 9.17) is 4.74 Å². The summed E-state index contributed by atoms with van der Waals surface area (Å²) in [5.41, 5.74) is 0.0954. The first-order valence-corrected chi connectivity index (χ1v) is 10.0. The zero-order valence-electron chi connectivity index (χ0n) is 16.1. The standard InChI is InChI=1S/C18H22N2O7S2/c1-10(21)19-13(8-28)17(24)27-15-7-5-4-6-12(15)18(25)29-9-14(16(23)26-3)20-11(2)22/h4-7,13-14,28H,8-9H2,1-3H3,(H,19,21)(H,20,22). The van der Waals surface area contributed by atoms with E-state index in [0.717, 1.165) is 11.8 Å². The average Bonchev–Trinajstić information content (AvgIpc) is 2.68. The number of esters is 2. The van der Waals surface area contributed by atoms with Crippen molar-refractivity contribution in [2.24, 2.45) is 0 Å². The Morgan fingerprint density at radius 1 is 1.00 bits per heavy atom. The predicted octanol–water partition coefficient (Wildman–Crippen LogP) is 0.578. The van der Waals surface area contributed by atoms with Crippen molar-refractivity contribution in [2.45, 2.75) is 25.9 Å². The highest BCUT2D eigenvalue weighted by Gasteiger charge is 2.25. The highest BCUT2D eigenvalue weighted by atomic mass is 32.2. The normalized spacial score (nSPS) is 12.3. The third kappa shape index (κ3) is 8.16. The number of thioether (sulfide) groups is 1. The molecule has 2 amide bonds. The summed E-state index contributed by atoms with van der Waals surface area (Å²) in [5, 5.41) is 4.33. The maximum absolute atomic E-state index is 12.6. The van der Waals surface area contributed by atoms with Crippen LogP contribution in [-0.2, 0) is 23.9 Å². The van der Waals surface area contributed by atoms with Crippen LogP contribution in [0.25, 0.3) is 0 Å². The predicted molar refractivity (Wildman–Crippen MR) is 110 cm³/mol. The van der Waals surface area contributed by atoms with E-state index in [-0.39, 0.29) is 22.8 Å². The van der Waals surface area contributed by atoms with Crippen LogP contribution in [0.1, 0.15) is 24.2 Å². The number of para-hydroxylation sites is 1. The summed E-state index contributed by atoms with van der Waals surface area (Å²) in [6, 6.07) is 4.07. The van der Waals surface area contributed by atoms with E-state index in [2.05, 4.69) is 28.0 Å². The van der Waals surface area contributed by atoms with Crippen LogP contribution >= 0.6 is 24.4 Å². The summed E-state index contributed by atoms with van der Waals surface area (Å²) in [6.07, 6.45) is 0. The molecule has 1 rings (SSSR count). The van der Waals surface area contributed by atoms with Crippen molar-refractivity contribution in [3.05, 3.63) is 29.8 Å². The molecule has 0 aromatic heterocycles. The van der Waals surface area contributed by atoms with Gasteiger partial charge in [-0.15, -0.1) is 0 Å². The lowest BCUT2D eigenvalue weighted by atomic mass is 10.2. The van der Waals surface area contributed by atoms with Crippen molar-refractivity contribution in [1.82, 2.24) is 10.6 Å². The highest BCUT2D eigenvalue weighted by Crippen LogP contribution is 2.24. The fraction of sp³-hybridized carbons (Fsp3) is 0.389. The van der Waals surface area contributed by atoms with Crippen molar-refractivity contribution >= 4 is 53.3 Å². The molecule has 0 radical (unpaired) electrons. The quantitative estimate of drug-likeness (QED) is 0.288. The number of hydrogen-bond acceptors (Lipinski definition) is 9. The van der Waals surface area contributed by atoms with Crippen molar-refractivity contribution in [3.8, 4) is 5.75 Å². The van der Waals surface area contributed by atoms with Crippen molar-refractivity contribution in [3.63, 3.8) is 0 Å². The van der Waals surface area contributed by atoms with Crippen LogP contribution in [0.5, 0.6) is 5.75 Å². The molecule has 158 valence electrons. The Balaban J connectivity index is 2.90. The zero-order valence-corrected chi connectivity index (χ0v) is 17.8. The van der Waals surface area contributed by atoms with E-state index in [1.54, 1.807) is 12.1 Å². The van der Waals surface area contributed by atoms with Crippen LogP contribution in [-0.4, -0.2) is 59.6 Å². The molecule has 0 bridgehead atoms. The Kier molecular flexibility index (Phi) is 10.2. The minimum Gasteiger partial charge on any atom is -0.467 e. The molecule has 1 aromatic carbocycles. The Morgan fingerprint density at radius 2 is 1.59 bits per heavy atom. The number of rotatable bonds is 9. The number of carbonyl (C=O) groups is 5. The van der Waals surface area contributed by atoms with Gasteiger partial charge in [0.2, 0.25) is 16.9 Å². The number of amides is 2. The smallest absolute Gasteiger partial charge is 0.334 e. The third-order valence-corrected chi connectivity index (χ3v) is 4.75. The molecular formula is C18H22N2O7S2. The van der Waals surface area contributed by atoms with Gasteiger partial charge in [-0.2, -0.15) is 12.6 Å². The molecule has 0 spiro atoms. The van der Waals surface area contributed by atoms with E-state index >= 15 is 0 Å². The second-order valence-electron chi connectivity index (χ2n) is 5.73. The fourth-order valence-corrected chi connectivity index (χ4v) is 3.22. The second kappa shape index (κ2) is 12.1. The molecule has 2 atom stereocenters. The third-order valence-electron chi connectivity index (χ3n) is 3.41. The SMILES string of the molecule is COC(=O)C(CSC(=O)c1ccccc1OC(=O)C(CS)NC(C)=O)NC(C)=O. The van der Waals surface area contributed by atoms with Crippen molar-refractivity contribution in [2.75, 3.05) is 18.6 Å². The molecule has 2 N–H and O–H groups in total. The Hall–Kier alpha value is -2.53. The van der Waals surface area contributed by atoms with E-state index in [0.29, 0.717) is 0 Å². The molecule has 11 heteroatoms. The van der Waals surface area contributed by atoms with Gasteiger partial charge < -0.3 is 20.1 Å². The lowest BCUT2D eigenvalue weighted by molar-refractivity contribution is -0.144. The molecular weight excluding hydrogens is 420 g/mol. The van der Waals surface area contributed by atoms with Gasteiger partial charge in [-0.05, 0) is 12.1 Å². The Bertz CT molecular complexity index is 785. The topological polar surface area (TPSA) is 128 Å². The summed E-state index contributed by atoms with van der Waals surface area (Å²) >= 11 is 4.77. The zero-order chi connectivity index (χ0) is 22.0. The van der Waals surface area contributed by atoms with Gasteiger partial charge in [0.15, 0.2) is 0 Å². The van der Waals surface area contributed by atoms with Crippen LogP contribution in [0.3, 0.4) is 0 Å². The van der Waals surface area contributed by atoms with Crippen LogP contribution in [0.15, 0.2) is 24.3 Å². The summed E-state index contributed by atoms with van der Waals surface area (Å²) < 4.78 is 9.87. The molecule has 29 heavy (non-hydrogen) atoms. The van der Waals surface area contributed by atoms with Gasteiger partial charge in [0.05, 0.1) is 12.7 Å². The molecule has 1 aromatic rings. The minimum atomic E-state index is -1.01. The van der Waals surface area contributed by atoms with Gasteiger partial charge in [-0.25, -0.2) is 9.59 Å². The first kappa shape index (κ1) is 24.5. The van der Waals surface area contributed by atoms with Crippen molar-refractivity contribution in [1.29, 1.82) is 0 Å². The molecule has 0 saturated carbocycles. The maximum Gasteiger partial charge on any atom is 0.334 e. The molecule has 2 unspecified atom stereocenters. The molecule has 9 nitrogen and oxygen atoms in total. The molecule has 0 aliphatic carbocycles. The van der Waals surface area contributed by atoms with Gasteiger partial charge in [0.25, 0.3) is 0 Å². The first-order chi connectivity index (χ1) is 13.7. The number of thiol groups is 1. The van der Waals surface area contributed by atoms with Gasteiger partial charge in [-0.3, -0.25) is 14.4 Å². The van der Waals surface area contributed by atoms with E-state index in [1.165, 1.54) is 33.1 Å². The molecule has 0 heterocycles. The Labute approximate surface area is 177 Å². The van der Waals surface area contributed by atoms with Crippen LogP contribution in [0, 0.1) is 0 Å². The molecule has 0 aliphatic rings. The van der Waals surface area contributed by atoms with E-state index < -0.39 is 41.0 Å². The summed E-state index contributed by atoms with van der Waals surface area (Å²) in [6.45, 7) is 2.49. The van der Waals surface area contributed by atoms with Crippen molar-refractivity contribution < 1.29 is 33.4 Å². The largest absolute Gasteiger partial charge is 0.467 e. The van der Waals surface area contributed by atoms with E-state index in [1.807, 2.05) is 0 Å². The number of ether oxygens (including phenoxy) is 2. The minimum absolute atomic E-state index is 0.00119. The van der Waals surface area contributed by atoms with Gasteiger partial charge in [0, 0.05) is 25.4 Å². The van der Waals surface area contributed by atoms with Crippen LogP contribution < -0.4 is 15.4 Å². The number of carbonyl (C=O) groups excluding carboxylic acids is 5. The first-order valence-electron chi connectivity index (χ1n) is 8.40. The van der Waals surface area contributed by atoms with Gasteiger partial charge >= 0.3 is 11.9 Å². The highest BCUT2D eigenvalue weighted by molar-refractivity contribution is 8.14. The van der Waals surface area contributed by atoms with Crippen LogP contribution in [0.2, 0.25) is 0 Å². The number of hydrogen-bond donors (Lipinski definition) is 3. The lowest BCUT2D eigenvalue weighted by Gasteiger charge is -2.16. The van der Waals surface area contributed by atoms with Gasteiger partial charge in [0.1, 0.15) is 17.8 Å². The molecule has 0 saturated heterocycles. The molecule has 0 fully saturated rings. The number of methoxy groups -OCH3 is 1. The number of nitrogens with one attached hydrogen (secondary N) is 2. The monoisotopic (exact) mass is 442 g/mol. The average molecular weight is 443 g/mol. The Morgan fingerprint density at radius 3 is 2.14 bits per heavy atom.